The first-order chi connectivity index (χ1) is 11.2. The van der Waals surface area contributed by atoms with Crippen LogP contribution in [-0.2, 0) is 9.47 Å². The summed E-state index contributed by atoms with van der Waals surface area (Å²) in [7, 11) is 1.36. The van der Waals surface area contributed by atoms with Gasteiger partial charge < -0.3 is 14.4 Å². The largest absolute Gasteiger partial charge is 0.465 e. The third kappa shape index (κ3) is 4.49. The lowest BCUT2D eigenvalue weighted by atomic mass is 9.90. The summed E-state index contributed by atoms with van der Waals surface area (Å²) in [6, 6.07) is 7.25. The molecule has 0 aliphatic carbocycles. The first-order valence-corrected chi connectivity index (χ1v) is 8.39. The summed E-state index contributed by atoms with van der Waals surface area (Å²) in [6.07, 6.45) is 1.66. The molecule has 5 heteroatoms. The molecule has 2 unspecified atom stereocenters. The normalized spacial score (nSPS) is 21.3. The zero-order valence-electron chi connectivity index (χ0n) is 15.2. The Balaban J connectivity index is 2.21. The maximum absolute atomic E-state index is 12.6. The number of ether oxygens (including phenoxy) is 2. The molecular formula is C19H27NO4. The Morgan fingerprint density at radius 3 is 2.29 bits per heavy atom. The number of amides is 1. The average molecular weight is 333 g/mol. The van der Waals surface area contributed by atoms with Gasteiger partial charge in [-0.05, 0) is 57.2 Å². The lowest BCUT2D eigenvalue weighted by Crippen LogP contribution is -2.44. The van der Waals surface area contributed by atoms with E-state index in [-0.39, 0.29) is 18.1 Å². The molecule has 0 bridgehead atoms. The van der Waals surface area contributed by atoms with Crippen LogP contribution in [-0.4, -0.2) is 36.2 Å². The van der Waals surface area contributed by atoms with Crippen molar-refractivity contribution in [3.8, 4) is 0 Å². The second-order valence-electron chi connectivity index (χ2n) is 7.44. The van der Waals surface area contributed by atoms with Crippen LogP contribution in [0.1, 0.15) is 62.5 Å². The fourth-order valence-electron chi connectivity index (χ4n) is 2.98. The fraction of sp³-hybridized carbons (Fsp3) is 0.579. The SMILES string of the molecule is COC(=O)c1ccc(C2CCC(C)CN2C(=O)OC(C)(C)C)cc1. The van der Waals surface area contributed by atoms with Crippen molar-refractivity contribution >= 4 is 12.1 Å². The molecule has 2 atom stereocenters. The van der Waals surface area contributed by atoms with Gasteiger partial charge >= 0.3 is 12.1 Å². The van der Waals surface area contributed by atoms with Crippen molar-refractivity contribution in [3.63, 3.8) is 0 Å². The zero-order valence-corrected chi connectivity index (χ0v) is 15.2. The number of esters is 1. The Morgan fingerprint density at radius 2 is 1.75 bits per heavy atom. The van der Waals surface area contributed by atoms with Gasteiger partial charge in [0.15, 0.2) is 0 Å². The maximum Gasteiger partial charge on any atom is 0.410 e. The van der Waals surface area contributed by atoms with Gasteiger partial charge in [0.1, 0.15) is 5.60 Å². The molecule has 1 aliphatic rings. The van der Waals surface area contributed by atoms with Gasteiger partial charge in [0, 0.05) is 6.54 Å². The van der Waals surface area contributed by atoms with Crippen LogP contribution in [0.3, 0.4) is 0 Å². The summed E-state index contributed by atoms with van der Waals surface area (Å²) in [5.74, 6) is 0.0888. The van der Waals surface area contributed by atoms with Gasteiger partial charge in [-0.3, -0.25) is 0 Å². The van der Waals surface area contributed by atoms with Gasteiger partial charge in [-0.2, -0.15) is 0 Å². The van der Waals surface area contributed by atoms with Crippen LogP contribution in [0.4, 0.5) is 4.79 Å². The first kappa shape index (κ1) is 18.3. The predicted octanol–water partition coefficient (Wildman–Crippen LogP) is 4.18. The number of benzene rings is 1. The molecule has 1 aromatic rings. The van der Waals surface area contributed by atoms with Crippen molar-refractivity contribution in [1.29, 1.82) is 0 Å². The Labute approximate surface area is 143 Å². The van der Waals surface area contributed by atoms with Crippen LogP contribution in [0.5, 0.6) is 0 Å². The van der Waals surface area contributed by atoms with Crippen LogP contribution in [0.15, 0.2) is 24.3 Å². The molecule has 0 N–H and O–H groups in total. The van der Waals surface area contributed by atoms with Gasteiger partial charge in [0.05, 0.1) is 18.7 Å². The minimum absolute atomic E-state index is 0.0252. The molecule has 0 spiro atoms. The topological polar surface area (TPSA) is 55.8 Å². The van der Waals surface area contributed by atoms with Crippen molar-refractivity contribution < 1.29 is 19.1 Å². The minimum atomic E-state index is -0.517. The van der Waals surface area contributed by atoms with Gasteiger partial charge in [-0.15, -0.1) is 0 Å². The van der Waals surface area contributed by atoms with Crippen molar-refractivity contribution in [2.75, 3.05) is 13.7 Å². The molecule has 1 heterocycles. The second kappa shape index (κ2) is 7.24. The molecule has 132 valence electrons. The highest BCUT2D eigenvalue weighted by Crippen LogP contribution is 2.34. The summed E-state index contributed by atoms with van der Waals surface area (Å²) in [6.45, 7) is 8.45. The van der Waals surface area contributed by atoms with Crippen molar-refractivity contribution in [3.05, 3.63) is 35.4 Å². The van der Waals surface area contributed by atoms with E-state index in [1.807, 2.05) is 37.8 Å². The molecule has 24 heavy (non-hydrogen) atoms. The number of hydrogen-bond donors (Lipinski definition) is 0. The van der Waals surface area contributed by atoms with E-state index in [1.54, 1.807) is 12.1 Å². The average Bonchev–Trinajstić information content (AvgIpc) is 2.52. The highest BCUT2D eigenvalue weighted by atomic mass is 16.6. The summed E-state index contributed by atoms with van der Waals surface area (Å²) in [5, 5.41) is 0. The number of piperidine rings is 1. The smallest absolute Gasteiger partial charge is 0.410 e. The van der Waals surface area contributed by atoms with Crippen LogP contribution in [0, 0.1) is 5.92 Å². The van der Waals surface area contributed by atoms with Gasteiger partial charge in [-0.25, -0.2) is 9.59 Å². The summed E-state index contributed by atoms with van der Waals surface area (Å²) >= 11 is 0. The Morgan fingerprint density at radius 1 is 1.12 bits per heavy atom. The molecular weight excluding hydrogens is 306 g/mol. The molecule has 0 saturated carbocycles. The molecule has 1 amide bonds. The third-order valence-corrected chi connectivity index (χ3v) is 4.16. The van der Waals surface area contributed by atoms with E-state index in [4.69, 9.17) is 9.47 Å². The standard InChI is InChI=1S/C19H27NO4/c1-13-6-11-16(20(12-13)18(22)24-19(2,3)4)14-7-9-15(10-8-14)17(21)23-5/h7-10,13,16H,6,11-12H2,1-5H3. The molecule has 5 nitrogen and oxygen atoms in total. The molecule has 1 aromatic carbocycles. The number of carbonyl (C=O) groups excluding carboxylic acids is 2. The van der Waals surface area contributed by atoms with Crippen LogP contribution < -0.4 is 0 Å². The van der Waals surface area contributed by atoms with E-state index in [0.717, 1.165) is 18.4 Å². The van der Waals surface area contributed by atoms with E-state index in [2.05, 4.69) is 6.92 Å². The number of rotatable bonds is 2. The molecule has 1 aliphatic heterocycles. The van der Waals surface area contributed by atoms with Crippen molar-refractivity contribution in [2.24, 2.45) is 5.92 Å². The van der Waals surface area contributed by atoms with Crippen LogP contribution in [0.25, 0.3) is 0 Å². The van der Waals surface area contributed by atoms with E-state index < -0.39 is 5.60 Å². The van der Waals surface area contributed by atoms with Gasteiger partial charge in [0.2, 0.25) is 0 Å². The Hall–Kier alpha value is -2.04. The Kier molecular flexibility index (Phi) is 5.52. The minimum Gasteiger partial charge on any atom is -0.465 e. The second-order valence-corrected chi connectivity index (χ2v) is 7.44. The third-order valence-electron chi connectivity index (χ3n) is 4.16. The molecule has 2 rings (SSSR count). The molecule has 1 saturated heterocycles. The monoisotopic (exact) mass is 333 g/mol. The predicted molar refractivity (Wildman–Crippen MR) is 91.9 cm³/mol. The summed E-state index contributed by atoms with van der Waals surface area (Å²) < 4.78 is 10.3. The fourth-order valence-corrected chi connectivity index (χ4v) is 2.98. The van der Waals surface area contributed by atoms with E-state index in [1.165, 1.54) is 7.11 Å². The lowest BCUT2D eigenvalue weighted by Gasteiger charge is -2.39. The van der Waals surface area contributed by atoms with E-state index >= 15 is 0 Å². The molecule has 0 radical (unpaired) electrons. The lowest BCUT2D eigenvalue weighted by molar-refractivity contribution is 0.00361. The molecule has 0 aromatic heterocycles. The summed E-state index contributed by atoms with van der Waals surface area (Å²) in [4.78, 5) is 26.0. The number of carbonyl (C=O) groups is 2. The van der Waals surface area contributed by atoms with Gasteiger partial charge in [-0.1, -0.05) is 19.1 Å². The van der Waals surface area contributed by atoms with Crippen molar-refractivity contribution in [1.82, 2.24) is 4.90 Å². The Bertz CT molecular complexity index is 588. The van der Waals surface area contributed by atoms with Crippen molar-refractivity contribution in [2.45, 2.75) is 52.2 Å². The number of hydrogen-bond acceptors (Lipinski definition) is 4. The number of nitrogens with zero attached hydrogens (tertiary/aromatic N) is 1. The molecule has 1 fully saturated rings. The first-order valence-electron chi connectivity index (χ1n) is 8.39. The highest BCUT2D eigenvalue weighted by Gasteiger charge is 2.33. The van der Waals surface area contributed by atoms with E-state index in [0.29, 0.717) is 18.0 Å². The zero-order chi connectivity index (χ0) is 17.9. The maximum atomic E-state index is 12.6. The summed E-state index contributed by atoms with van der Waals surface area (Å²) in [5.41, 5.74) is 1.01. The van der Waals surface area contributed by atoms with Crippen LogP contribution in [0.2, 0.25) is 0 Å². The van der Waals surface area contributed by atoms with E-state index in [9.17, 15) is 9.59 Å². The quantitative estimate of drug-likeness (QED) is 0.762. The number of likely N-dealkylation sites (tertiary alicyclic amines) is 1. The highest BCUT2D eigenvalue weighted by molar-refractivity contribution is 5.89. The van der Waals surface area contributed by atoms with Crippen LogP contribution >= 0.6 is 0 Å². The van der Waals surface area contributed by atoms with Gasteiger partial charge in [0.25, 0.3) is 0 Å². The number of methoxy groups -OCH3 is 1.